The molecule has 2 fully saturated rings. The number of halogens is 3. The number of nitrogens with zero attached hydrogens (tertiary/aromatic N) is 7. The molecule has 1 aliphatic carbocycles. The number of amides is 1. The number of fused-ring (bicyclic) bond motifs is 1. The van der Waals surface area contributed by atoms with E-state index in [4.69, 9.17) is 11.6 Å². The Morgan fingerprint density at radius 3 is 2.54 bits per heavy atom. The van der Waals surface area contributed by atoms with Gasteiger partial charge >= 0.3 is 0 Å². The molecule has 0 radical (unpaired) electrons. The molecule has 0 unspecified atom stereocenters. The Hall–Kier alpha value is -4.25. The summed E-state index contributed by atoms with van der Waals surface area (Å²) < 4.78 is 30.7. The van der Waals surface area contributed by atoms with Crippen molar-refractivity contribution in [2.45, 2.75) is 32.6 Å². The molecule has 0 atom stereocenters. The molecule has 1 N–H and O–H groups in total. The van der Waals surface area contributed by atoms with Gasteiger partial charge < -0.3 is 14.9 Å². The summed E-state index contributed by atoms with van der Waals surface area (Å²) in [7, 11) is 0. The molecule has 12 heteroatoms. The Bertz CT molecular complexity index is 1700. The maximum atomic E-state index is 15.9. The molecule has 1 saturated carbocycles. The van der Waals surface area contributed by atoms with Gasteiger partial charge in [0, 0.05) is 54.7 Å². The fraction of sp³-hybridized carbons (Fsp3) is 0.310. The zero-order valence-electron chi connectivity index (χ0n) is 22.4. The van der Waals surface area contributed by atoms with Gasteiger partial charge in [-0.25, -0.2) is 28.7 Å². The van der Waals surface area contributed by atoms with Crippen LogP contribution < -0.4 is 4.90 Å². The monoisotopic (exact) mass is 577 g/mol. The molecule has 6 rings (SSSR count). The lowest BCUT2D eigenvalue weighted by Gasteiger charge is -2.35. The van der Waals surface area contributed by atoms with Gasteiger partial charge in [0.05, 0.1) is 11.1 Å². The Kier molecular flexibility index (Phi) is 6.98. The number of rotatable bonds is 5. The number of phenols is 1. The Labute approximate surface area is 239 Å². The topological polar surface area (TPSA) is 108 Å². The van der Waals surface area contributed by atoms with Crippen molar-refractivity contribution in [3.05, 3.63) is 70.2 Å². The van der Waals surface area contributed by atoms with Crippen LogP contribution in [0.25, 0.3) is 28.2 Å². The van der Waals surface area contributed by atoms with Crippen molar-refractivity contribution in [3.8, 4) is 17.0 Å². The first-order valence-corrected chi connectivity index (χ1v) is 13.6. The Balaban J connectivity index is 1.24. The van der Waals surface area contributed by atoms with Crippen molar-refractivity contribution in [1.82, 2.24) is 29.8 Å². The smallest absolute Gasteiger partial charge is 0.282 e. The molecule has 9 nitrogen and oxygen atoms in total. The van der Waals surface area contributed by atoms with Crippen LogP contribution in [0.5, 0.6) is 5.75 Å². The first-order chi connectivity index (χ1) is 19.7. The minimum absolute atomic E-state index is 0.0635. The van der Waals surface area contributed by atoms with Crippen LogP contribution in [-0.4, -0.2) is 67.0 Å². The molecule has 3 aromatic heterocycles. The number of piperazine rings is 1. The minimum Gasteiger partial charge on any atom is -0.508 e. The number of carbonyl (C=O) groups is 1. The summed E-state index contributed by atoms with van der Waals surface area (Å²) in [6.45, 7) is 4.68. The van der Waals surface area contributed by atoms with Gasteiger partial charge in [0.15, 0.2) is 11.6 Å². The largest absolute Gasteiger partial charge is 0.508 e. The first kappa shape index (κ1) is 26.9. The zero-order valence-corrected chi connectivity index (χ0v) is 23.2. The van der Waals surface area contributed by atoms with Crippen LogP contribution in [-0.2, 0) is 4.79 Å². The molecular weight excluding hydrogens is 552 g/mol. The van der Waals surface area contributed by atoms with Crippen LogP contribution in [0.3, 0.4) is 0 Å². The highest BCUT2D eigenvalue weighted by molar-refractivity contribution is 6.32. The van der Waals surface area contributed by atoms with Crippen molar-refractivity contribution < 1.29 is 18.7 Å². The number of benzene rings is 1. The molecule has 210 valence electrons. The van der Waals surface area contributed by atoms with Crippen LogP contribution in [0.15, 0.2) is 36.6 Å². The lowest BCUT2D eigenvalue weighted by atomic mass is 9.98. The lowest BCUT2D eigenvalue weighted by Crippen LogP contribution is -2.49. The third kappa shape index (κ3) is 5.29. The highest BCUT2D eigenvalue weighted by atomic mass is 35.5. The van der Waals surface area contributed by atoms with E-state index in [0.717, 1.165) is 24.5 Å². The number of carbonyl (C=O) groups excluding carboxylic acids is 1. The van der Waals surface area contributed by atoms with Gasteiger partial charge in [0.1, 0.15) is 34.9 Å². The number of aromatic nitrogens is 5. The maximum absolute atomic E-state index is 15.9. The second-order valence-corrected chi connectivity index (χ2v) is 10.7. The average Bonchev–Trinajstić information content (AvgIpc) is 3.77. The van der Waals surface area contributed by atoms with E-state index < -0.39 is 17.6 Å². The molecule has 0 spiro atoms. The standard InChI is InChI=1S/C29H26ClF2N7O2/c1-15-9-18(37-16(2)36-15)10-23(31)29(41)39-7-5-38(6-8-39)28-21-13-33-26(25(32)27(21)34-14-35-28)20-11-19(40)12-22(30)24(20)17-3-4-17/h9-14,17,40H,3-8H2,1-2H3/b23-10-. The van der Waals surface area contributed by atoms with Crippen molar-refractivity contribution in [1.29, 1.82) is 0 Å². The average molecular weight is 578 g/mol. The number of pyridine rings is 1. The fourth-order valence-electron chi connectivity index (χ4n) is 5.29. The molecule has 0 bridgehead atoms. The third-order valence-corrected chi connectivity index (χ3v) is 7.60. The van der Waals surface area contributed by atoms with Crippen molar-refractivity contribution >= 4 is 40.3 Å². The van der Waals surface area contributed by atoms with E-state index >= 15 is 4.39 Å². The number of aryl methyl sites for hydroxylation is 2. The predicted octanol–water partition coefficient (Wildman–Crippen LogP) is 5.13. The maximum Gasteiger partial charge on any atom is 0.282 e. The van der Waals surface area contributed by atoms with Gasteiger partial charge in [-0.3, -0.25) is 9.78 Å². The van der Waals surface area contributed by atoms with Gasteiger partial charge in [-0.2, -0.15) is 0 Å². The molecule has 1 saturated heterocycles. The zero-order chi connectivity index (χ0) is 28.8. The van der Waals surface area contributed by atoms with Crippen LogP contribution in [0.1, 0.15) is 41.5 Å². The Morgan fingerprint density at radius 1 is 1.07 bits per heavy atom. The van der Waals surface area contributed by atoms with Crippen LogP contribution in [0.4, 0.5) is 14.6 Å². The third-order valence-electron chi connectivity index (χ3n) is 7.29. The summed E-state index contributed by atoms with van der Waals surface area (Å²) >= 11 is 6.42. The van der Waals surface area contributed by atoms with Crippen molar-refractivity contribution in [2.24, 2.45) is 0 Å². The summed E-state index contributed by atoms with van der Waals surface area (Å²) in [6, 6.07) is 4.55. The predicted molar refractivity (Wildman–Crippen MR) is 151 cm³/mol. The summed E-state index contributed by atoms with van der Waals surface area (Å²) in [6.07, 6.45) is 5.80. The van der Waals surface area contributed by atoms with E-state index in [9.17, 15) is 14.3 Å². The molecule has 4 heterocycles. The molecule has 1 amide bonds. The molecule has 1 aliphatic heterocycles. The van der Waals surface area contributed by atoms with Gasteiger partial charge in [0.25, 0.3) is 5.91 Å². The van der Waals surface area contributed by atoms with Gasteiger partial charge in [-0.05, 0) is 56.4 Å². The minimum atomic E-state index is -0.903. The summed E-state index contributed by atoms with van der Waals surface area (Å²) in [4.78, 5) is 37.4. The second-order valence-electron chi connectivity index (χ2n) is 10.3. The van der Waals surface area contributed by atoms with Gasteiger partial charge in [0.2, 0.25) is 0 Å². The van der Waals surface area contributed by atoms with E-state index in [1.807, 2.05) is 4.90 Å². The van der Waals surface area contributed by atoms with Crippen molar-refractivity contribution in [2.75, 3.05) is 31.1 Å². The van der Waals surface area contributed by atoms with E-state index in [0.29, 0.717) is 52.1 Å². The summed E-state index contributed by atoms with van der Waals surface area (Å²) in [5.41, 5.74) is 2.39. The number of phenolic OH excluding ortho intramolecular Hbond substituents is 1. The quantitative estimate of drug-likeness (QED) is 0.325. The van der Waals surface area contributed by atoms with E-state index in [-0.39, 0.29) is 36.0 Å². The highest BCUT2D eigenvalue weighted by Crippen LogP contribution is 2.49. The first-order valence-electron chi connectivity index (χ1n) is 13.2. The van der Waals surface area contributed by atoms with Crippen LogP contribution >= 0.6 is 11.6 Å². The Morgan fingerprint density at radius 2 is 1.83 bits per heavy atom. The molecule has 4 aromatic rings. The SMILES string of the molecule is Cc1cc(/C=C(\F)C(=O)N2CCN(c3ncnc4c(F)c(-c5cc(O)cc(Cl)c5C5CC5)ncc34)CC2)nc(C)n1. The molecule has 2 aliphatic rings. The number of anilines is 1. The van der Waals surface area contributed by atoms with E-state index in [2.05, 4.69) is 24.9 Å². The number of hydrogen-bond donors (Lipinski definition) is 1. The van der Waals surface area contributed by atoms with E-state index in [1.165, 1.54) is 29.6 Å². The fourth-order valence-corrected chi connectivity index (χ4v) is 5.66. The summed E-state index contributed by atoms with van der Waals surface area (Å²) in [5, 5.41) is 11.0. The van der Waals surface area contributed by atoms with Crippen molar-refractivity contribution in [3.63, 3.8) is 0 Å². The lowest BCUT2D eigenvalue weighted by molar-refractivity contribution is -0.128. The summed E-state index contributed by atoms with van der Waals surface area (Å²) in [5.74, 6) is -1.16. The van der Waals surface area contributed by atoms with E-state index in [1.54, 1.807) is 19.9 Å². The second kappa shape index (κ2) is 10.6. The molecular formula is C29H26ClF2N7O2. The normalized spacial score (nSPS) is 16.0. The van der Waals surface area contributed by atoms with Crippen LogP contribution in [0.2, 0.25) is 5.02 Å². The number of aromatic hydroxyl groups is 1. The van der Waals surface area contributed by atoms with Crippen LogP contribution in [0, 0.1) is 19.7 Å². The molecule has 41 heavy (non-hydrogen) atoms. The highest BCUT2D eigenvalue weighted by Gasteiger charge is 2.32. The van der Waals surface area contributed by atoms with Gasteiger partial charge in [-0.15, -0.1) is 0 Å². The van der Waals surface area contributed by atoms with Gasteiger partial charge in [-0.1, -0.05) is 11.6 Å². The molecule has 1 aromatic carbocycles. The number of hydrogen-bond acceptors (Lipinski definition) is 8.